The molecule has 0 saturated carbocycles. The van der Waals surface area contributed by atoms with Crippen LogP contribution in [0.3, 0.4) is 0 Å². The van der Waals surface area contributed by atoms with Crippen molar-refractivity contribution in [1.82, 2.24) is 9.13 Å². The number of hydrogen-bond acceptors (Lipinski definition) is 6. The molecule has 0 spiro atoms. The van der Waals surface area contributed by atoms with Crippen LogP contribution in [0.5, 0.6) is 0 Å². The van der Waals surface area contributed by atoms with Crippen LogP contribution in [0.4, 0.5) is 5.69 Å². The van der Waals surface area contributed by atoms with E-state index in [2.05, 4.69) is 9.46 Å². The molecule has 3 aromatic rings. The first kappa shape index (κ1) is 19.4. The number of ether oxygens (including phenoxy) is 1. The second-order valence-corrected chi connectivity index (χ2v) is 6.76. The quantitative estimate of drug-likeness (QED) is 0.473. The number of aryl methyl sites for hydroxylation is 1. The van der Waals surface area contributed by atoms with Crippen molar-refractivity contribution >= 4 is 33.4 Å². The third-order valence-electron chi connectivity index (χ3n) is 4.29. The summed E-state index contributed by atoms with van der Waals surface area (Å²) in [5, 5.41) is 0.214. The van der Waals surface area contributed by atoms with Gasteiger partial charge >= 0.3 is 11.7 Å². The van der Waals surface area contributed by atoms with Gasteiger partial charge in [-0.3, -0.25) is 18.7 Å². The van der Waals surface area contributed by atoms with Crippen LogP contribution in [0.25, 0.3) is 10.9 Å². The number of carbonyl (C=O) groups is 1. The second-order valence-electron chi connectivity index (χ2n) is 6.02. The Balaban J connectivity index is 2.09. The summed E-state index contributed by atoms with van der Waals surface area (Å²) in [7, 11) is 0.00569. The fraction of sp³-hybridized carbons (Fsp3) is 0.167. The Kier molecular flexibility index (Phi) is 5.32. The van der Waals surface area contributed by atoms with Crippen LogP contribution in [0.1, 0.15) is 15.9 Å². The molecular weight excluding hydrogens is 386 g/mol. The van der Waals surface area contributed by atoms with Gasteiger partial charge in [0.05, 0.1) is 30.1 Å². The third kappa shape index (κ3) is 3.67. The smallest absolute Gasteiger partial charge is 0.337 e. The molecule has 1 aromatic heterocycles. The number of carbonyl (C=O) groups excluding carboxylic acids is 1. The monoisotopic (exact) mass is 403 g/mol. The van der Waals surface area contributed by atoms with Gasteiger partial charge in [-0.25, -0.2) is 18.0 Å². The molecule has 10 heteroatoms. The molecule has 1 N–H and O–H groups in total. The van der Waals surface area contributed by atoms with Gasteiger partial charge in [0.2, 0.25) is 10.9 Å². The molecule has 0 aliphatic rings. The fourth-order valence-electron chi connectivity index (χ4n) is 2.87. The van der Waals surface area contributed by atoms with Crippen molar-refractivity contribution in [3.8, 4) is 0 Å². The largest absolute Gasteiger partial charge is 0.465 e. The van der Waals surface area contributed by atoms with E-state index < -0.39 is 28.1 Å². The molecule has 0 fully saturated rings. The van der Waals surface area contributed by atoms with Crippen LogP contribution in [0.15, 0.2) is 52.1 Å². The highest BCUT2D eigenvalue weighted by Crippen LogP contribution is 2.13. The van der Waals surface area contributed by atoms with Gasteiger partial charge in [0.25, 0.3) is 5.56 Å². The maximum atomic E-state index is 12.9. The van der Waals surface area contributed by atoms with E-state index in [9.17, 15) is 22.8 Å². The molecule has 0 amide bonds. The predicted octanol–water partition coefficient (Wildman–Crippen LogP) is 0.473. The van der Waals surface area contributed by atoms with Gasteiger partial charge in [-0.2, -0.15) is 0 Å². The van der Waals surface area contributed by atoms with Crippen LogP contribution >= 0.6 is 0 Å². The zero-order valence-electron chi connectivity index (χ0n) is 15.0. The summed E-state index contributed by atoms with van der Waals surface area (Å²) in [6.07, 6.45) is 0. The Morgan fingerprint density at radius 2 is 1.79 bits per heavy atom. The Bertz CT molecular complexity index is 1250. The SMILES string of the molecule is COC(=O)c1ccc2c(c1)c(=O)n(Cc1ccc(N[SH](=O)=O)cc1)c(=O)n2C. The van der Waals surface area contributed by atoms with Crippen molar-refractivity contribution in [2.24, 2.45) is 7.05 Å². The summed E-state index contributed by atoms with van der Waals surface area (Å²) in [6.45, 7) is -0.00626. The van der Waals surface area contributed by atoms with Gasteiger partial charge in [-0.05, 0) is 35.9 Å². The molecule has 0 radical (unpaired) electrons. The van der Waals surface area contributed by atoms with Crippen molar-refractivity contribution in [3.05, 3.63) is 74.4 Å². The zero-order valence-corrected chi connectivity index (χ0v) is 15.9. The minimum Gasteiger partial charge on any atom is -0.465 e. The Morgan fingerprint density at radius 1 is 1.11 bits per heavy atom. The van der Waals surface area contributed by atoms with E-state index in [0.717, 1.165) is 4.57 Å². The number of rotatable bonds is 5. The van der Waals surface area contributed by atoms with Gasteiger partial charge in [0.15, 0.2) is 0 Å². The van der Waals surface area contributed by atoms with Gasteiger partial charge in [0.1, 0.15) is 0 Å². The highest BCUT2D eigenvalue weighted by atomic mass is 32.2. The lowest BCUT2D eigenvalue weighted by Crippen LogP contribution is -2.39. The van der Waals surface area contributed by atoms with Crippen LogP contribution < -0.4 is 16.0 Å². The van der Waals surface area contributed by atoms with Crippen LogP contribution in [-0.2, 0) is 29.2 Å². The first-order valence-corrected chi connectivity index (χ1v) is 9.31. The molecule has 0 atom stereocenters. The molecular formula is C18H17N3O6S. The van der Waals surface area contributed by atoms with E-state index in [1.165, 1.54) is 49.1 Å². The van der Waals surface area contributed by atoms with Gasteiger partial charge in [-0.1, -0.05) is 12.1 Å². The molecule has 146 valence electrons. The molecule has 0 aliphatic carbocycles. The highest BCUT2D eigenvalue weighted by Gasteiger charge is 2.14. The highest BCUT2D eigenvalue weighted by molar-refractivity contribution is 7.73. The minimum atomic E-state index is -2.78. The summed E-state index contributed by atoms with van der Waals surface area (Å²) in [6, 6.07) is 10.7. The Morgan fingerprint density at radius 3 is 2.39 bits per heavy atom. The van der Waals surface area contributed by atoms with Gasteiger partial charge in [0, 0.05) is 12.7 Å². The maximum Gasteiger partial charge on any atom is 0.337 e. The lowest BCUT2D eigenvalue weighted by Gasteiger charge is -2.12. The van der Waals surface area contributed by atoms with E-state index in [0.29, 0.717) is 16.8 Å². The number of hydrogen-bond donors (Lipinski definition) is 2. The molecule has 0 saturated heterocycles. The third-order valence-corrected chi connectivity index (χ3v) is 4.73. The van der Waals surface area contributed by atoms with Crippen molar-refractivity contribution in [1.29, 1.82) is 0 Å². The van der Waals surface area contributed by atoms with E-state index in [1.807, 2.05) is 0 Å². The topological polar surface area (TPSA) is 116 Å². The molecule has 0 unspecified atom stereocenters. The first-order chi connectivity index (χ1) is 13.3. The molecule has 3 rings (SSSR count). The van der Waals surface area contributed by atoms with Crippen LogP contribution in [0.2, 0.25) is 0 Å². The lowest BCUT2D eigenvalue weighted by molar-refractivity contribution is 0.0601. The number of nitrogens with one attached hydrogen (secondary N) is 1. The number of aromatic nitrogens is 2. The summed E-state index contributed by atoms with van der Waals surface area (Å²) < 4.78 is 30.7. The van der Waals surface area contributed by atoms with Crippen LogP contribution in [-0.4, -0.2) is 30.6 Å². The molecule has 0 aliphatic heterocycles. The summed E-state index contributed by atoms with van der Waals surface area (Å²) in [4.78, 5) is 37.3. The van der Waals surface area contributed by atoms with E-state index in [1.54, 1.807) is 12.1 Å². The molecule has 0 bridgehead atoms. The summed E-state index contributed by atoms with van der Waals surface area (Å²) >= 11 is 0. The second kappa shape index (κ2) is 7.69. The van der Waals surface area contributed by atoms with Gasteiger partial charge in [-0.15, -0.1) is 0 Å². The lowest BCUT2D eigenvalue weighted by atomic mass is 10.1. The Hall–Kier alpha value is -3.40. The molecule has 1 heterocycles. The predicted molar refractivity (Wildman–Crippen MR) is 104 cm³/mol. The minimum absolute atomic E-state index is 0.00626. The van der Waals surface area contributed by atoms with Crippen molar-refractivity contribution in [3.63, 3.8) is 0 Å². The fourth-order valence-corrected chi connectivity index (χ4v) is 3.23. The summed E-state index contributed by atoms with van der Waals surface area (Å²) in [5.74, 6) is -0.582. The molecule has 2 aromatic carbocycles. The summed E-state index contributed by atoms with van der Waals surface area (Å²) in [5.41, 5.74) is 0.578. The number of fused-ring (bicyclic) bond motifs is 1. The number of methoxy groups -OCH3 is 1. The number of nitrogens with zero attached hydrogens (tertiary/aromatic N) is 2. The normalized spacial score (nSPS) is 11.0. The zero-order chi connectivity index (χ0) is 20.4. The Labute approximate surface area is 160 Å². The molecule has 9 nitrogen and oxygen atoms in total. The van der Waals surface area contributed by atoms with E-state index in [-0.39, 0.29) is 17.5 Å². The van der Waals surface area contributed by atoms with Crippen LogP contribution in [0, 0.1) is 0 Å². The first-order valence-electron chi connectivity index (χ1n) is 8.13. The van der Waals surface area contributed by atoms with E-state index in [4.69, 9.17) is 0 Å². The number of esters is 1. The number of thiol groups is 1. The molecule has 28 heavy (non-hydrogen) atoms. The van der Waals surface area contributed by atoms with E-state index >= 15 is 0 Å². The average molecular weight is 403 g/mol. The van der Waals surface area contributed by atoms with Gasteiger partial charge < -0.3 is 4.74 Å². The van der Waals surface area contributed by atoms with Crippen molar-refractivity contribution in [2.45, 2.75) is 6.54 Å². The number of benzene rings is 2. The average Bonchev–Trinajstić information content (AvgIpc) is 2.69. The maximum absolute atomic E-state index is 12.9. The van der Waals surface area contributed by atoms with Crippen molar-refractivity contribution < 1.29 is 17.9 Å². The standard InChI is InChI=1S/C18H17N3O6S/c1-20-15-8-5-12(17(23)27-2)9-14(15)16(22)21(18(20)24)10-11-3-6-13(7-4-11)19-28(25)26/h3-9,28H,10H2,1-2H3,(H,19,25,26). The number of anilines is 1. The van der Waals surface area contributed by atoms with Crippen molar-refractivity contribution in [2.75, 3.05) is 11.8 Å².